The Morgan fingerprint density at radius 1 is 1.15 bits per heavy atom. The summed E-state index contributed by atoms with van der Waals surface area (Å²) in [4.78, 5) is 28.3. The number of Topliss-reactive ketones (excluding diaryl/α,β-unsaturated/α-hetero) is 1. The van der Waals surface area contributed by atoms with Crippen LogP contribution in [0.5, 0.6) is 17.2 Å². The van der Waals surface area contributed by atoms with Crippen LogP contribution < -0.4 is 14.2 Å². The molecule has 0 saturated heterocycles. The van der Waals surface area contributed by atoms with Gasteiger partial charge in [0.25, 0.3) is 5.91 Å². The zero-order chi connectivity index (χ0) is 23.8. The Balaban J connectivity index is 1.60. The molecule has 8 heteroatoms. The van der Waals surface area contributed by atoms with Crippen molar-refractivity contribution in [2.24, 2.45) is 0 Å². The lowest BCUT2D eigenvalue weighted by Gasteiger charge is -2.28. The second-order valence-electron chi connectivity index (χ2n) is 8.24. The molecule has 1 atom stereocenters. The standard InChI is InChI=1S/C26H25NO7/c1-3-4-10-27-22(15-8-9-17-19(13-15)33-12-11-32-17)21(24(29)26(27)30)23(28)20-14-16-6-5-7-18(31-2)25(16)34-20/h5-9,13-14,22,29H,3-4,10-12H2,1-2H3. The van der Waals surface area contributed by atoms with Crippen molar-refractivity contribution in [1.82, 2.24) is 4.90 Å². The van der Waals surface area contributed by atoms with E-state index < -0.39 is 23.5 Å². The zero-order valence-corrected chi connectivity index (χ0v) is 19.0. The first-order valence-corrected chi connectivity index (χ1v) is 11.3. The van der Waals surface area contributed by atoms with Crippen LogP contribution in [-0.2, 0) is 4.79 Å². The lowest BCUT2D eigenvalue weighted by atomic mass is 9.94. The number of para-hydroxylation sites is 1. The molecule has 0 bridgehead atoms. The molecule has 2 aromatic carbocycles. The van der Waals surface area contributed by atoms with E-state index in [-0.39, 0.29) is 11.3 Å². The number of hydrogen-bond donors (Lipinski definition) is 1. The van der Waals surface area contributed by atoms with Gasteiger partial charge in [0.1, 0.15) is 13.2 Å². The van der Waals surface area contributed by atoms with E-state index in [0.29, 0.717) is 53.5 Å². The SMILES string of the molecule is CCCCN1C(=O)C(O)=C(C(=O)c2cc3cccc(OC)c3o2)C1c1ccc2c(c1)OCCO2. The van der Waals surface area contributed by atoms with Crippen LogP contribution >= 0.6 is 0 Å². The molecule has 3 aromatic rings. The van der Waals surface area contributed by atoms with Crippen LogP contribution in [-0.4, -0.2) is 48.6 Å². The van der Waals surface area contributed by atoms with Gasteiger partial charge in [0.05, 0.1) is 18.7 Å². The molecule has 1 unspecified atom stereocenters. The first-order valence-electron chi connectivity index (χ1n) is 11.3. The summed E-state index contributed by atoms with van der Waals surface area (Å²) in [7, 11) is 1.52. The van der Waals surface area contributed by atoms with Gasteiger partial charge in [0, 0.05) is 11.9 Å². The second-order valence-corrected chi connectivity index (χ2v) is 8.24. The number of aliphatic hydroxyl groups is 1. The van der Waals surface area contributed by atoms with E-state index in [0.717, 1.165) is 12.8 Å². The molecule has 34 heavy (non-hydrogen) atoms. The maximum atomic E-state index is 13.7. The van der Waals surface area contributed by atoms with Crippen molar-refractivity contribution in [3.05, 3.63) is 65.1 Å². The number of methoxy groups -OCH3 is 1. The van der Waals surface area contributed by atoms with Crippen LogP contribution in [0.15, 0.2) is 58.2 Å². The van der Waals surface area contributed by atoms with E-state index in [4.69, 9.17) is 18.6 Å². The number of furan rings is 1. The highest BCUT2D eigenvalue weighted by Crippen LogP contribution is 2.43. The molecule has 2 aliphatic rings. The first kappa shape index (κ1) is 21.9. The molecule has 1 N–H and O–H groups in total. The van der Waals surface area contributed by atoms with Crippen molar-refractivity contribution >= 4 is 22.7 Å². The molecule has 0 radical (unpaired) electrons. The van der Waals surface area contributed by atoms with Crippen molar-refractivity contribution in [1.29, 1.82) is 0 Å². The summed E-state index contributed by atoms with van der Waals surface area (Å²) in [6.45, 7) is 3.27. The van der Waals surface area contributed by atoms with Crippen molar-refractivity contribution in [2.75, 3.05) is 26.9 Å². The Kier molecular flexibility index (Phi) is 5.65. The normalized spacial score (nSPS) is 17.5. The minimum Gasteiger partial charge on any atom is -0.503 e. The highest BCUT2D eigenvalue weighted by molar-refractivity contribution is 6.16. The minimum absolute atomic E-state index is 0.0178. The highest BCUT2D eigenvalue weighted by Gasteiger charge is 2.44. The molecular formula is C26H25NO7. The maximum absolute atomic E-state index is 13.7. The number of carbonyl (C=O) groups excluding carboxylic acids is 2. The first-order chi connectivity index (χ1) is 16.5. The van der Waals surface area contributed by atoms with E-state index in [1.807, 2.05) is 6.92 Å². The third-order valence-corrected chi connectivity index (χ3v) is 6.13. The fourth-order valence-electron chi connectivity index (χ4n) is 4.46. The molecule has 0 saturated carbocycles. The fourth-order valence-corrected chi connectivity index (χ4v) is 4.46. The maximum Gasteiger partial charge on any atom is 0.290 e. The Hall–Kier alpha value is -3.94. The van der Waals surface area contributed by atoms with Gasteiger partial charge in [0.15, 0.2) is 34.4 Å². The van der Waals surface area contributed by atoms with E-state index in [1.54, 1.807) is 42.5 Å². The number of rotatable bonds is 7. The number of fused-ring (bicyclic) bond motifs is 2. The third kappa shape index (κ3) is 3.55. The summed E-state index contributed by atoms with van der Waals surface area (Å²) in [5, 5.41) is 11.5. The molecule has 3 heterocycles. The highest BCUT2D eigenvalue weighted by atomic mass is 16.6. The summed E-state index contributed by atoms with van der Waals surface area (Å²) in [6, 6.07) is 11.5. The number of aliphatic hydroxyl groups excluding tert-OH is 1. The number of ether oxygens (including phenoxy) is 3. The van der Waals surface area contributed by atoms with Gasteiger partial charge in [0.2, 0.25) is 5.78 Å². The average molecular weight is 463 g/mol. The molecule has 0 fully saturated rings. The largest absolute Gasteiger partial charge is 0.503 e. The number of amides is 1. The molecule has 0 spiro atoms. The number of unbranched alkanes of at least 4 members (excludes halogenated alkanes) is 1. The summed E-state index contributed by atoms with van der Waals surface area (Å²) >= 11 is 0. The van der Waals surface area contributed by atoms with Gasteiger partial charge in [-0.05, 0) is 36.2 Å². The summed E-state index contributed by atoms with van der Waals surface area (Å²) in [5.41, 5.74) is 1.06. The van der Waals surface area contributed by atoms with Crippen LogP contribution in [0.3, 0.4) is 0 Å². The van der Waals surface area contributed by atoms with Crippen LogP contribution in [0.2, 0.25) is 0 Å². The average Bonchev–Trinajstić information content (AvgIpc) is 3.41. The summed E-state index contributed by atoms with van der Waals surface area (Å²) < 4.78 is 22.5. The Morgan fingerprint density at radius 3 is 2.71 bits per heavy atom. The lowest BCUT2D eigenvalue weighted by Crippen LogP contribution is -2.32. The second kappa shape index (κ2) is 8.78. The number of benzene rings is 2. The minimum atomic E-state index is -0.780. The summed E-state index contributed by atoms with van der Waals surface area (Å²) in [6.07, 6.45) is 1.58. The van der Waals surface area contributed by atoms with Gasteiger partial charge in [-0.15, -0.1) is 0 Å². The number of nitrogens with zero attached hydrogens (tertiary/aromatic N) is 1. The monoisotopic (exact) mass is 463 g/mol. The van der Waals surface area contributed by atoms with Crippen LogP contribution in [0, 0.1) is 0 Å². The lowest BCUT2D eigenvalue weighted by molar-refractivity contribution is -0.129. The third-order valence-electron chi connectivity index (χ3n) is 6.13. The predicted octanol–water partition coefficient (Wildman–Crippen LogP) is 4.59. The van der Waals surface area contributed by atoms with Crippen molar-refractivity contribution in [3.63, 3.8) is 0 Å². The molecule has 1 amide bonds. The Bertz CT molecular complexity index is 1310. The molecule has 176 valence electrons. The van der Waals surface area contributed by atoms with Crippen molar-refractivity contribution < 1.29 is 33.3 Å². The van der Waals surface area contributed by atoms with Crippen LogP contribution in [0.25, 0.3) is 11.0 Å². The molecule has 0 aliphatic carbocycles. The van der Waals surface area contributed by atoms with Gasteiger partial charge in [-0.2, -0.15) is 0 Å². The topological polar surface area (TPSA) is 98.4 Å². The Morgan fingerprint density at radius 2 is 1.94 bits per heavy atom. The molecule has 1 aromatic heterocycles. The van der Waals surface area contributed by atoms with E-state index in [2.05, 4.69) is 0 Å². The van der Waals surface area contributed by atoms with Crippen LogP contribution in [0.4, 0.5) is 0 Å². The Labute approximate surface area is 196 Å². The fraction of sp³-hybridized carbons (Fsp3) is 0.308. The zero-order valence-electron chi connectivity index (χ0n) is 19.0. The quantitative estimate of drug-likeness (QED) is 0.512. The smallest absolute Gasteiger partial charge is 0.290 e. The van der Waals surface area contributed by atoms with Gasteiger partial charge in [-0.3, -0.25) is 9.59 Å². The van der Waals surface area contributed by atoms with Crippen molar-refractivity contribution in [2.45, 2.75) is 25.8 Å². The van der Waals surface area contributed by atoms with E-state index >= 15 is 0 Å². The molecule has 5 rings (SSSR count). The number of hydrogen-bond acceptors (Lipinski definition) is 7. The van der Waals surface area contributed by atoms with Gasteiger partial charge >= 0.3 is 0 Å². The van der Waals surface area contributed by atoms with E-state index in [9.17, 15) is 14.7 Å². The molecular weight excluding hydrogens is 438 g/mol. The van der Waals surface area contributed by atoms with E-state index in [1.165, 1.54) is 12.0 Å². The van der Waals surface area contributed by atoms with Gasteiger partial charge < -0.3 is 28.6 Å². The summed E-state index contributed by atoms with van der Waals surface area (Å²) in [5.74, 6) is -0.0380. The van der Waals surface area contributed by atoms with Crippen LogP contribution in [0.1, 0.15) is 41.9 Å². The molecule has 2 aliphatic heterocycles. The predicted molar refractivity (Wildman–Crippen MR) is 124 cm³/mol. The number of carbonyl (C=O) groups is 2. The van der Waals surface area contributed by atoms with Gasteiger partial charge in [-0.1, -0.05) is 31.5 Å². The van der Waals surface area contributed by atoms with Crippen molar-refractivity contribution in [3.8, 4) is 17.2 Å². The van der Waals surface area contributed by atoms with Gasteiger partial charge in [-0.25, -0.2) is 0 Å². The number of ketones is 1. The molecule has 8 nitrogen and oxygen atoms in total.